The third kappa shape index (κ3) is 4.25. The van der Waals surface area contributed by atoms with E-state index in [1.165, 1.54) is 12.1 Å². The molecule has 3 aliphatic rings. The molecule has 2 heterocycles. The summed E-state index contributed by atoms with van der Waals surface area (Å²) < 4.78 is 16.5. The molecule has 9 heteroatoms. The van der Waals surface area contributed by atoms with Crippen molar-refractivity contribution in [3.8, 4) is 11.5 Å². The Bertz CT molecular complexity index is 1330. The van der Waals surface area contributed by atoms with Crippen LogP contribution in [-0.4, -0.2) is 29.2 Å². The van der Waals surface area contributed by atoms with Crippen LogP contribution in [0.1, 0.15) is 50.7 Å². The van der Waals surface area contributed by atoms with Gasteiger partial charge in [-0.25, -0.2) is 0 Å². The number of nitro groups is 1. The van der Waals surface area contributed by atoms with E-state index in [0.29, 0.717) is 29.2 Å². The van der Waals surface area contributed by atoms with Crippen molar-refractivity contribution in [3.63, 3.8) is 0 Å². The topological polar surface area (TPSA) is 117 Å². The van der Waals surface area contributed by atoms with E-state index in [1.807, 2.05) is 44.2 Å². The molecule has 0 saturated carbocycles. The lowest BCUT2D eigenvalue weighted by atomic mass is 9.66. The van der Waals surface area contributed by atoms with Gasteiger partial charge < -0.3 is 14.2 Å². The Morgan fingerprint density at radius 3 is 2.56 bits per heavy atom. The standard InChI is InChI=1S/C27H26N2O7/c1-15-23(26(31)34-13-16-7-5-4-6-8-16)24(25-18(28-15)11-27(2,3)12-20(25)30)17-9-21-22(36-14-35-21)10-19(17)29(32)33/h4-10,23-24H,11-14H2,1-3H3/t23?,24-/m0/s1. The minimum atomic E-state index is -1.00. The summed E-state index contributed by atoms with van der Waals surface area (Å²) in [6.07, 6.45) is 0.771. The Balaban J connectivity index is 1.63. The summed E-state index contributed by atoms with van der Waals surface area (Å²) in [7, 11) is 0. The normalized spacial score (nSPS) is 22.1. The smallest absolute Gasteiger partial charge is 0.315 e. The summed E-state index contributed by atoms with van der Waals surface area (Å²) in [5, 5.41) is 12.1. The summed E-state index contributed by atoms with van der Waals surface area (Å²) in [4.78, 5) is 43.3. The average molecular weight is 491 g/mol. The molecule has 0 N–H and O–H groups in total. The molecule has 2 atom stereocenters. The Labute approximate surface area is 207 Å². The number of allylic oxidation sites excluding steroid dienone is 2. The molecule has 0 aromatic heterocycles. The fourth-order valence-corrected chi connectivity index (χ4v) is 5.26. The second kappa shape index (κ2) is 8.89. The van der Waals surface area contributed by atoms with Crippen molar-refractivity contribution in [3.05, 3.63) is 75.0 Å². The van der Waals surface area contributed by atoms with Crippen molar-refractivity contribution in [2.75, 3.05) is 6.79 Å². The van der Waals surface area contributed by atoms with Crippen molar-refractivity contribution in [2.24, 2.45) is 16.3 Å². The predicted octanol–water partition coefficient (Wildman–Crippen LogP) is 4.88. The minimum Gasteiger partial charge on any atom is -0.460 e. The van der Waals surface area contributed by atoms with Gasteiger partial charge in [-0.3, -0.25) is 24.7 Å². The lowest BCUT2D eigenvalue weighted by molar-refractivity contribution is -0.385. The van der Waals surface area contributed by atoms with Gasteiger partial charge in [0.05, 0.1) is 11.0 Å². The van der Waals surface area contributed by atoms with Gasteiger partial charge in [0.15, 0.2) is 17.3 Å². The van der Waals surface area contributed by atoms with E-state index in [9.17, 15) is 19.7 Å². The van der Waals surface area contributed by atoms with E-state index in [-0.39, 0.29) is 48.0 Å². The number of ketones is 1. The summed E-state index contributed by atoms with van der Waals surface area (Å²) in [5.41, 5.74) is 1.81. The second-order valence-electron chi connectivity index (χ2n) is 10.1. The number of hydrogen-bond donors (Lipinski definition) is 0. The van der Waals surface area contributed by atoms with Gasteiger partial charge in [0.25, 0.3) is 5.69 Å². The number of Topliss-reactive ketones (excluding diaryl/α,β-unsaturated/α-hetero) is 1. The molecule has 2 aromatic rings. The van der Waals surface area contributed by atoms with Gasteiger partial charge >= 0.3 is 5.97 Å². The highest BCUT2D eigenvalue weighted by Gasteiger charge is 2.48. The van der Waals surface area contributed by atoms with Crippen LogP contribution in [0.25, 0.3) is 0 Å². The first-order valence-corrected chi connectivity index (χ1v) is 11.7. The Kier molecular flexibility index (Phi) is 5.86. The van der Waals surface area contributed by atoms with Gasteiger partial charge in [-0.15, -0.1) is 0 Å². The van der Waals surface area contributed by atoms with Crippen molar-refractivity contribution in [1.29, 1.82) is 0 Å². The molecule has 2 aromatic carbocycles. The first kappa shape index (κ1) is 23.7. The molecule has 0 saturated heterocycles. The molecule has 2 aliphatic heterocycles. The van der Waals surface area contributed by atoms with Crippen molar-refractivity contribution >= 4 is 23.2 Å². The molecular formula is C27H26N2O7. The van der Waals surface area contributed by atoms with Gasteiger partial charge in [-0.2, -0.15) is 0 Å². The Hall–Kier alpha value is -4.01. The Morgan fingerprint density at radius 2 is 1.86 bits per heavy atom. The zero-order valence-electron chi connectivity index (χ0n) is 20.3. The van der Waals surface area contributed by atoms with Crippen molar-refractivity contribution < 1.29 is 28.7 Å². The molecule has 36 heavy (non-hydrogen) atoms. The highest BCUT2D eigenvalue weighted by molar-refractivity contribution is 6.09. The number of aliphatic imine (C=N–C) groups is 1. The lowest BCUT2D eigenvalue weighted by Gasteiger charge is -2.38. The first-order valence-electron chi connectivity index (χ1n) is 11.7. The predicted molar refractivity (Wildman–Crippen MR) is 130 cm³/mol. The van der Waals surface area contributed by atoms with Crippen LogP contribution in [0.3, 0.4) is 0 Å². The van der Waals surface area contributed by atoms with Crippen LogP contribution in [0.4, 0.5) is 5.69 Å². The van der Waals surface area contributed by atoms with E-state index in [1.54, 1.807) is 6.92 Å². The minimum absolute atomic E-state index is 0.0340. The summed E-state index contributed by atoms with van der Waals surface area (Å²) >= 11 is 0. The maximum absolute atomic E-state index is 13.5. The van der Waals surface area contributed by atoms with Crippen LogP contribution in [0.15, 0.2) is 58.7 Å². The molecule has 5 rings (SSSR count). The molecule has 0 amide bonds. The summed E-state index contributed by atoms with van der Waals surface area (Å²) in [6.45, 7) is 5.64. The number of rotatable bonds is 5. The molecule has 0 fully saturated rings. The second-order valence-corrected chi connectivity index (χ2v) is 10.1. The van der Waals surface area contributed by atoms with Gasteiger partial charge in [0.2, 0.25) is 6.79 Å². The number of ether oxygens (including phenoxy) is 3. The van der Waals surface area contributed by atoms with Crippen LogP contribution in [0.5, 0.6) is 11.5 Å². The van der Waals surface area contributed by atoms with Gasteiger partial charge in [-0.1, -0.05) is 44.2 Å². The zero-order chi connectivity index (χ0) is 25.6. The first-order chi connectivity index (χ1) is 17.1. The van der Waals surface area contributed by atoms with Gasteiger partial charge in [0.1, 0.15) is 12.5 Å². The molecule has 1 aliphatic carbocycles. The molecule has 186 valence electrons. The van der Waals surface area contributed by atoms with Gasteiger partial charge in [0, 0.05) is 34.9 Å². The number of benzene rings is 2. The number of nitro benzene ring substituents is 1. The molecule has 0 spiro atoms. The van der Waals surface area contributed by atoms with Crippen LogP contribution in [0, 0.1) is 21.4 Å². The molecule has 1 unspecified atom stereocenters. The average Bonchev–Trinajstić information content (AvgIpc) is 3.28. The summed E-state index contributed by atoms with van der Waals surface area (Å²) in [5.74, 6) is -2.12. The fourth-order valence-electron chi connectivity index (χ4n) is 5.26. The largest absolute Gasteiger partial charge is 0.460 e. The van der Waals surface area contributed by atoms with Crippen LogP contribution in [-0.2, 0) is 20.9 Å². The van der Waals surface area contributed by atoms with Gasteiger partial charge in [-0.05, 0) is 30.4 Å². The maximum Gasteiger partial charge on any atom is 0.315 e. The van der Waals surface area contributed by atoms with E-state index < -0.39 is 22.7 Å². The van der Waals surface area contributed by atoms with Crippen molar-refractivity contribution in [2.45, 2.75) is 46.1 Å². The number of fused-ring (bicyclic) bond motifs is 1. The van der Waals surface area contributed by atoms with Crippen molar-refractivity contribution in [1.82, 2.24) is 0 Å². The molecular weight excluding hydrogens is 464 g/mol. The monoisotopic (exact) mass is 490 g/mol. The highest BCUT2D eigenvalue weighted by Crippen LogP contribution is 2.51. The SMILES string of the molecule is CC1=NC2=C(C(=O)CC(C)(C)C2)[C@@H](c2cc3c(cc2[N+](=O)[O-])OCO3)C1C(=O)OCc1ccccc1. The fraction of sp³-hybridized carbons (Fsp3) is 0.370. The van der Waals surface area contributed by atoms with E-state index in [4.69, 9.17) is 14.2 Å². The highest BCUT2D eigenvalue weighted by atomic mass is 16.7. The number of nitrogens with zero attached hydrogens (tertiary/aromatic N) is 2. The van der Waals surface area contributed by atoms with E-state index >= 15 is 0 Å². The van der Waals surface area contributed by atoms with Crippen LogP contribution >= 0.6 is 0 Å². The van der Waals surface area contributed by atoms with E-state index in [0.717, 1.165) is 5.56 Å². The quantitative estimate of drug-likeness (QED) is 0.333. The number of carbonyl (C=O) groups excluding carboxylic acids is 2. The Morgan fingerprint density at radius 1 is 1.17 bits per heavy atom. The maximum atomic E-state index is 13.5. The number of esters is 1. The lowest BCUT2D eigenvalue weighted by Crippen LogP contribution is -2.39. The summed E-state index contributed by atoms with van der Waals surface area (Å²) in [6, 6.07) is 12.0. The molecule has 9 nitrogen and oxygen atoms in total. The third-order valence-corrected chi connectivity index (χ3v) is 6.83. The number of carbonyl (C=O) groups is 2. The zero-order valence-corrected chi connectivity index (χ0v) is 20.3. The third-order valence-electron chi connectivity index (χ3n) is 6.83. The van der Waals surface area contributed by atoms with E-state index in [2.05, 4.69) is 4.99 Å². The molecule has 0 bridgehead atoms. The van der Waals surface area contributed by atoms with Crippen LogP contribution < -0.4 is 9.47 Å². The number of hydrogen-bond acceptors (Lipinski definition) is 8. The van der Waals surface area contributed by atoms with Crippen LogP contribution in [0.2, 0.25) is 0 Å². The molecule has 0 radical (unpaired) electrons.